The second kappa shape index (κ2) is 4.18. The summed E-state index contributed by atoms with van der Waals surface area (Å²) >= 11 is 12.2. The number of hydrogen-bond acceptors (Lipinski definition) is 2. The number of allylic oxidation sites excluding steroid dienone is 2. The van der Waals surface area contributed by atoms with Crippen LogP contribution < -0.4 is 5.32 Å². The number of carbonyl (C=O) groups is 1. The molecule has 0 fully saturated rings. The van der Waals surface area contributed by atoms with Crippen molar-refractivity contribution in [3.63, 3.8) is 0 Å². The Morgan fingerprint density at radius 2 is 2.17 bits per heavy atom. The van der Waals surface area contributed by atoms with Gasteiger partial charge in [-0.25, -0.2) is 4.79 Å². The van der Waals surface area contributed by atoms with E-state index < -0.39 is 12.0 Å². The molecule has 2 N–H and O–H groups in total. The van der Waals surface area contributed by atoms with Gasteiger partial charge in [0, 0.05) is 16.9 Å². The van der Waals surface area contributed by atoms with E-state index in [1.807, 2.05) is 18.2 Å². The van der Waals surface area contributed by atoms with Gasteiger partial charge in [0.15, 0.2) is 0 Å². The van der Waals surface area contributed by atoms with Gasteiger partial charge in [-0.15, -0.1) is 0 Å². The van der Waals surface area contributed by atoms with E-state index >= 15 is 0 Å². The van der Waals surface area contributed by atoms with E-state index in [9.17, 15) is 9.90 Å². The highest BCUT2D eigenvalue weighted by molar-refractivity contribution is 6.36. The lowest BCUT2D eigenvalue weighted by Crippen LogP contribution is -2.41. The van der Waals surface area contributed by atoms with Crippen LogP contribution in [0.5, 0.6) is 0 Å². The number of halogens is 2. The van der Waals surface area contributed by atoms with Gasteiger partial charge in [0.2, 0.25) is 0 Å². The second-order valence-corrected chi connectivity index (χ2v) is 5.51. The van der Waals surface area contributed by atoms with Crippen molar-refractivity contribution in [1.82, 2.24) is 0 Å². The molecular formula is C13H11Cl2NO2. The third kappa shape index (κ3) is 1.70. The normalized spacial score (nSPS) is 28.4. The highest BCUT2D eigenvalue weighted by atomic mass is 35.5. The summed E-state index contributed by atoms with van der Waals surface area (Å²) in [5, 5.41) is 13.4. The third-order valence-electron chi connectivity index (χ3n) is 3.65. The van der Waals surface area contributed by atoms with Crippen molar-refractivity contribution in [2.24, 2.45) is 5.92 Å². The minimum atomic E-state index is -0.842. The summed E-state index contributed by atoms with van der Waals surface area (Å²) in [6.45, 7) is 0. The van der Waals surface area contributed by atoms with Crippen LogP contribution in [-0.2, 0) is 4.79 Å². The summed E-state index contributed by atoms with van der Waals surface area (Å²) in [6.07, 6.45) is 4.84. The summed E-state index contributed by atoms with van der Waals surface area (Å²) in [5.74, 6) is -0.728. The van der Waals surface area contributed by atoms with E-state index in [0.717, 1.165) is 12.0 Å². The van der Waals surface area contributed by atoms with Gasteiger partial charge in [-0.05, 0) is 24.1 Å². The van der Waals surface area contributed by atoms with Crippen molar-refractivity contribution >= 4 is 34.9 Å². The van der Waals surface area contributed by atoms with Crippen LogP contribution in [-0.4, -0.2) is 17.1 Å². The molecule has 1 aromatic rings. The van der Waals surface area contributed by atoms with E-state index in [1.165, 1.54) is 0 Å². The smallest absolute Gasteiger partial charge is 0.326 e. The fourth-order valence-electron chi connectivity index (χ4n) is 2.87. The Balaban J connectivity index is 2.14. The molecule has 18 heavy (non-hydrogen) atoms. The molecule has 3 rings (SSSR count). The van der Waals surface area contributed by atoms with Crippen molar-refractivity contribution in [3.05, 3.63) is 39.9 Å². The van der Waals surface area contributed by atoms with Crippen molar-refractivity contribution in [3.8, 4) is 0 Å². The van der Waals surface area contributed by atoms with Crippen LogP contribution in [0.1, 0.15) is 17.9 Å². The van der Waals surface area contributed by atoms with Crippen LogP contribution in [0, 0.1) is 5.92 Å². The molecule has 0 bridgehead atoms. The van der Waals surface area contributed by atoms with Gasteiger partial charge in [-0.1, -0.05) is 35.4 Å². The van der Waals surface area contributed by atoms with Crippen molar-refractivity contribution in [1.29, 1.82) is 0 Å². The zero-order chi connectivity index (χ0) is 12.9. The Morgan fingerprint density at radius 3 is 2.89 bits per heavy atom. The van der Waals surface area contributed by atoms with Gasteiger partial charge in [-0.2, -0.15) is 0 Å². The van der Waals surface area contributed by atoms with E-state index in [1.54, 1.807) is 6.07 Å². The molecule has 0 saturated carbocycles. The van der Waals surface area contributed by atoms with Crippen LogP contribution in [0.15, 0.2) is 24.3 Å². The number of carboxylic acid groups (broad SMARTS) is 1. The Bertz CT molecular complexity index is 556. The molecule has 0 spiro atoms. The van der Waals surface area contributed by atoms with Crippen molar-refractivity contribution < 1.29 is 9.90 Å². The summed E-state index contributed by atoms with van der Waals surface area (Å²) in [7, 11) is 0. The summed E-state index contributed by atoms with van der Waals surface area (Å²) < 4.78 is 0. The van der Waals surface area contributed by atoms with Gasteiger partial charge in [-0.3, -0.25) is 0 Å². The van der Waals surface area contributed by atoms with Gasteiger partial charge >= 0.3 is 5.97 Å². The molecule has 1 aliphatic carbocycles. The average molecular weight is 284 g/mol. The van der Waals surface area contributed by atoms with Gasteiger partial charge in [0.1, 0.15) is 6.04 Å². The molecule has 0 radical (unpaired) electrons. The standard InChI is InChI=1S/C13H11Cl2NO2/c14-6-4-9-7-2-1-3-8(7)12(13(17)18)16-11(9)10(15)5-6/h1-2,4-5,7-8,12,16H,3H2,(H,17,18)/t7-,8-,12-/m1/s1. The van der Waals surface area contributed by atoms with Crippen molar-refractivity contribution in [2.75, 3.05) is 5.32 Å². The third-order valence-corrected chi connectivity index (χ3v) is 4.17. The first-order chi connectivity index (χ1) is 8.58. The van der Waals surface area contributed by atoms with Crippen molar-refractivity contribution in [2.45, 2.75) is 18.4 Å². The molecular weight excluding hydrogens is 273 g/mol. The van der Waals surface area contributed by atoms with E-state index in [0.29, 0.717) is 15.7 Å². The van der Waals surface area contributed by atoms with E-state index in [4.69, 9.17) is 23.2 Å². The molecule has 0 aromatic heterocycles. The fraction of sp³-hybridized carbons (Fsp3) is 0.308. The van der Waals surface area contributed by atoms with Gasteiger partial charge in [0.25, 0.3) is 0 Å². The van der Waals surface area contributed by atoms with Crippen LogP contribution in [0.3, 0.4) is 0 Å². The zero-order valence-electron chi connectivity index (χ0n) is 9.36. The zero-order valence-corrected chi connectivity index (χ0v) is 10.9. The summed E-state index contributed by atoms with van der Waals surface area (Å²) in [5.41, 5.74) is 1.69. The number of benzene rings is 1. The minimum absolute atomic E-state index is 0.0320. The first-order valence-corrected chi connectivity index (χ1v) is 6.48. The Kier molecular flexibility index (Phi) is 2.76. The molecule has 3 nitrogen and oxygen atoms in total. The molecule has 1 aromatic carbocycles. The van der Waals surface area contributed by atoms with Crippen LogP contribution >= 0.6 is 23.2 Å². The van der Waals surface area contributed by atoms with Gasteiger partial charge < -0.3 is 10.4 Å². The lowest BCUT2D eigenvalue weighted by Gasteiger charge is -2.35. The van der Waals surface area contributed by atoms with E-state index in [2.05, 4.69) is 5.32 Å². The number of fused-ring (bicyclic) bond motifs is 3. The summed E-state index contributed by atoms with van der Waals surface area (Å²) in [4.78, 5) is 11.3. The largest absolute Gasteiger partial charge is 0.480 e. The minimum Gasteiger partial charge on any atom is -0.480 e. The summed E-state index contributed by atoms with van der Waals surface area (Å²) in [6, 6.07) is 2.89. The predicted octanol–water partition coefficient (Wildman–Crippen LogP) is 3.53. The average Bonchev–Trinajstić information content (AvgIpc) is 2.76. The number of aliphatic carboxylic acids is 1. The molecule has 1 heterocycles. The fourth-order valence-corrected chi connectivity index (χ4v) is 3.43. The second-order valence-electron chi connectivity index (χ2n) is 4.67. The van der Waals surface area contributed by atoms with Crippen LogP contribution in [0.2, 0.25) is 10.0 Å². The monoisotopic (exact) mass is 283 g/mol. The topological polar surface area (TPSA) is 49.3 Å². The maximum atomic E-state index is 11.3. The molecule has 1 aliphatic heterocycles. The molecule has 5 heteroatoms. The number of nitrogens with one attached hydrogen (secondary N) is 1. The molecule has 2 aliphatic rings. The SMILES string of the molecule is O=C(O)[C@@H]1Nc2c(Cl)cc(Cl)cc2[C@@H]2C=CC[C@@H]12. The number of hydrogen-bond donors (Lipinski definition) is 2. The predicted molar refractivity (Wildman–Crippen MR) is 71.5 cm³/mol. The lowest BCUT2D eigenvalue weighted by atomic mass is 9.79. The van der Waals surface area contributed by atoms with E-state index in [-0.39, 0.29) is 11.8 Å². The molecule has 3 atom stereocenters. The maximum Gasteiger partial charge on any atom is 0.326 e. The highest BCUT2D eigenvalue weighted by Gasteiger charge is 2.41. The molecule has 0 unspecified atom stereocenters. The molecule has 94 valence electrons. The molecule has 0 amide bonds. The maximum absolute atomic E-state index is 11.3. The molecule has 0 saturated heterocycles. The number of carboxylic acids is 1. The first kappa shape index (κ1) is 11.9. The van der Waals surface area contributed by atoms with Gasteiger partial charge in [0.05, 0.1) is 10.7 Å². The lowest BCUT2D eigenvalue weighted by molar-refractivity contribution is -0.139. The number of anilines is 1. The van der Waals surface area contributed by atoms with Crippen LogP contribution in [0.4, 0.5) is 5.69 Å². The Labute approximate surface area is 114 Å². The highest BCUT2D eigenvalue weighted by Crippen LogP contribution is 2.47. The number of rotatable bonds is 1. The Morgan fingerprint density at radius 1 is 1.39 bits per heavy atom. The first-order valence-electron chi connectivity index (χ1n) is 5.73. The Hall–Kier alpha value is -1.19. The van der Waals surface area contributed by atoms with Crippen LogP contribution in [0.25, 0.3) is 0 Å². The quantitative estimate of drug-likeness (QED) is 0.775.